The fraction of sp³-hybridized carbons (Fsp3) is 0.417. The summed E-state index contributed by atoms with van der Waals surface area (Å²) in [7, 11) is 0. The highest BCUT2D eigenvalue weighted by Crippen LogP contribution is 2.01. The third kappa shape index (κ3) is 3.84. The Hall–Kier alpha value is -2.31. The van der Waals surface area contributed by atoms with Gasteiger partial charge in [0, 0.05) is 24.5 Å². The molecule has 0 fully saturated rings. The number of pyridine rings is 1. The van der Waals surface area contributed by atoms with Crippen molar-refractivity contribution in [2.24, 2.45) is 10.9 Å². The summed E-state index contributed by atoms with van der Waals surface area (Å²) in [5.41, 5.74) is 5.78. The third-order valence-corrected chi connectivity index (χ3v) is 2.55. The molecule has 7 nitrogen and oxygen atoms in total. The summed E-state index contributed by atoms with van der Waals surface area (Å²) >= 11 is 0. The van der Waals surface area contributed by atoms with Gasteiger partial charge in [-0.1, -0.05) is 12.1 Å². The van der Waals surface area contributed by atoms with Gasteiger partial charge in [-0.2, -0.15) is 0 Å². The Balaban J connectivity index is 3.02. The average Bonchev–Trinajstić information content (AvgIpc) is 2.37. The zero-order valence-corrected chi connectivity index (χ0v) is 11.0. The lowest BCUT2D eigenvalue weighted by Gasteiger charge is -2.21. The van der Waals surface area contributed by atoms with Crippen LogP contribution in [0.15, 0.2) is 22.2 Å². The van der Waals surface area contributed by atoms with E-state index in [-0.39, 0.29) is 23.4 Å². The number of carbonyl (C=O) groups excluding carboxylic acids is 1. The molecule has 0 aliphatic carbocycles. The summed E-state index contributed by atoms with van der Waals surface area (Å²) in [6, 6.07) is 1.36. The van der Waals surface area contributed by atoms with E-state index < -0.39 is 5.91 Å². The first-order valence-corrected chi connectivity index (χ1v) is 5.94. The van der Waals surface area contributed by atoms with Gasteiger partial charge in [0.1, 0.15) is 5.56 Å². The monoisotopic (exact) mass is 266 g/mol. The smallest absolute Gasteiger partial charge is 0.259 e. The molecule has 0 bridgehead atoms. The minimum Gasteiger partial charge on any atom is -0.409 e. The molecule has 0 radical (unpaired) electrons. The van der Waals surface area contributed by atoms with E-state index in [9.17, 15) is 9.59 Å². The number of aryl methyl sites for hydroxylation is 1. The van der Waals surface area contributed by atoms with Crippen molar-refractivity contribution in [3.05, 3.63) is 33.7 Å². The van der Waals surface area contributed by atoms with Crippen molar-refractivity contribution in [2.75, 3.05) is 13.1 Å². The Labute approximate surface area is 110 Å². The van der Waals surface area contributed by atoms with Crippen LogP contribution in [0.1, 0.15) is 29.4 Å². The first kappa shape index (κ1) is 14.7. The second-order valence-corrected chi connectivity index (χ2v) is 4.21. The van der Waals surface area contributed by atoms with Crippen molar-refractivity contribution >= 4 is 11.7 Å². The molecule has 0 saturated heterocycles. The summed E-state index contributed by atoms with van der Waals surface area (Å²) in [6.45, 7) is 4.03. The van der Waals surface area contributed by atoms with E-state index in [1.54, 1.807) is 6.92 Å². The van der Waals surface area contributed by atoms with Gasteiger partial charge in [-0.05, 0) is 13.3 Å². The van der Waals surface area contributed by atoms with E-state index in [2.05, 4.69) is 10.1 Å². The number of H-pyrrole nitrogens is 1. The zero-order valence-electron chi connectivity index (χ0n) is 11.0. The van der Waals surface area contributed by atoms with Crippen molar-refractivity contribution in [3.8, 4) is 0 Å². The van der Waals surface area contributed by atoms with Crippen LogP contribution in [0.3, 0.4) is 0 Å². The van der Waals surface area contributed by atoms with Gasteiger partial charge >= 0.3 is 0 Å². The van der Waals surface area contributed by atoms with Gasteiger partial charge in [0.25, 0.3) is 5.91 Å². The molecule has 0 spiro atoms. The average molecular weight is 266 g/mol. The topological polar surface area (TPSA) is 112 Å². The second-order valence-electron chi connectivity index (χ2n) is 4.21. The molecular weight excluding hydrogens is 248 g/mol. The summed E-state index contributed by atoms with van der Waals surface area (Å²) in [6.07, 6.45) is 2.09. The Morgan fingerprint density at radius 2 is 2.26 bits per heavy atom. The first-order valence-electron chi connectivity index (χ1n) is 5.94. The number of hydrogen-bond donors (Lipinski definition) is 3. The Morgan fingerprint density at radius 1 is 1.58 bits per heavy atom. The zero-order chi connectivity index (χ0) is 14.4. The minimum absolute atomic E-state index is 0.0174. The number of nitrogens with two attached hydrogens (primary N) is 1. The molecule has 7 heteroatoms. The molecule has 0 atom stereocenters. The van der Waals surface area contributed by atoms with Crippen LogP contribution in [-0.4, -0.2) is 39.9 Å². The molecule has 0 unspecified atom stereocenters. The summed E-state index contributed by atoms with van der Waals surface area (Å²) in [5.74, 6) is -0.514. The van der Waals surface area contributed by atoms with Crippen molar-refractivity contribution < 1.29 is 10.0 Å². The van der Waals surface area contributed by atoms with E-state index in [0.717, 1.165) is 0 Å². The van der Waals surface area contributed by atoms with Crippen molar-refractivity contribution in [1.29, 1.82) is 0 Å². The van der Waals surface area contributed by atoms with Gasteiger partial charge < -0.3 is 20.8 Å². The van der Waals surface area contributed by atoms with Crippen LogP contribution in [0, 0.1) is 6.92 Å². The molecule has 1 aromatic heterocycles. The van der Waals surface area contributed by atoms with Crippen molar-refractivity contribution in [2.45, 2.75) is 20.3 Å². The van der Waals surface area contributed by atoms with Gasteiger partial charge in [0.2, 0.25) is 0 Å². The maximum atomic E-state index is 12.2. The molecule has 1 rings (SSSR count). The number of rotatable bonds is 5. The van der Waals surface area contributed by atoms with Crippen LogP contribution in [0.5, 0.6) is 0 Å². The van der Waals surface area contributed by atoms with Crippen LogP contribution in [0.4, 0.5) is 0 Å². The Bertz CT molecular complexity index is 536. The number of aromatic nitrogens is 1. The van der Waals surface area contributed by atoms with Gasteiger partial charge in [-0.3, -0.25) is 9.59 Å². The number of carbonyl (C=O) groups is 1. The standard InChI is InChI=1S/C12H18N4O3/c1-3-4-16(7-11(13)15-19)12(18)9-6-14-8(2)5-10(9)17/h5-6,19H,3-4,7H2,1-2H3,(H2,13,15)(H,14,17). The normalized spacial score (nSPS) is 11.4. The van der Waals surface area contributed by atoms with E-state index >= 15 is 0 Å². The number of nitrogens with one attached hydrogen (secondary N) is 1. The molecule has 1 heterocycles. The molecule has 1 amide bonds. The highest BCUT2D eigenvalue weighted by molar-refractivity contribution is 5.96. The van der Waals surface area contributed by atoms with E-state index in [0.29, 0.717) is 18.7 Å². The van der Waals surface area contributed by atoms with Crippen molar-refractivity contribution in [1.82, 2.24) is 9.88 Å². The van der Waals surface area contributed by atoms with Crippen LogP contribution in [-0.2, 0) is 0 Å². The maximum Gasteiger partial charge on any atom is 0.259 e. The molecule has 0 aliphatic heterocycles. The van der Waals surface area contributed by atoms with Crippen LogP contribution in [0.2, 0.25) is 0 Å². The molecule has 0 aromatic carbocycles. The Kier molecular flexibility index (Phi) is 5.11. The molecule has 0 saturated carbocycles. The summed E-state index contributed by atoms with van der Waals surface area (Å²) in [5, 5.41) is 11.4. The summed E-state index contributed by atoms with van der Waals surface area (Å²) in [4.78, 5) is 28.2. The minimum atomic E-state index is -0.435. The van der Waals surface area contributed by atoms with Gasteiger partial charge in [-0.25, -0.2) is 0 Å². The number of amides is 1. The van der Waals surface area contributed by atoms with Crippen LogP contribution < -0.4 is 11.2 Å². The van der Waals surface area contributed by atoms with E-state index in [1.807, 2.05) is 6.92 Å². The lowest BCUT2D eigenvalue weighted by molar-refractivity contribution is 0.0776. The molecule has 4 N–H and O–H groups in total. The number of oxime groups is 1. The maximum absolute atomic E-state index is 12.2. The number of nitrogens with zero attached hydrogens (tertiary/aromatic N) is 2. The predicted molar refractivity (Wildman–Crippen MR) is 71.4 cm³/mol. The third-order valence-electron chi connectivity index (χ3n) is 2.55. The highest BCUT2D eigenvalue weighted by Gasteiger charge is 2.19. The SMILES string of the molecule is CCCN(CC(N)=NO)C(=O)c1c[nH]c(C)cc1=O. The molecule has 104 valence electrons. The van der Waals surface area contributed by atoms with E-state index in [1.165, 1.54) is 17.2 Å². The number of hydrogen-bond acceptors (Lipinski definition) is 4. The predicted octanol–water partition coefficient (Wildman–Crippen LogP) is 0.282. The van der Waals surface area contributed by atoms with Crippen LogP contribution >= 0.6 is 0 Å². The lowest BCUT2D eigenvalue weighted by atomic mass is 10.2. The van der Waals surface area contributed by atoms with Crippen molar-refractivity contribution in [3.63, 3.8) is 0 Å². The van der Waals surface area contributed by atoms with Gasteiger partial charge in [0.05, 0.1) is 6.54 Å². The first-order chi connectivity index (χ1) is 8.99. The molecule has 1 aromatic rings. The van der Waals surface area contributed by atoms with Crippen LogP contribution in [0.25, 0.3) is 0 Å². The highest BCUT2D eigenvalue weighted by atomic mass is 16.4. The summed E-state index contributed by atoms with van der Waals surface area (Å²) < 4.78 is 0. The molecule has 19 heavy (non-hydrogen) atoms. The largest absolute Gasteiger partial charge is 0.409 e. The fourth-order valence-corrected chi connectivity index (χ4v) is 1.66. The fourth-order valence-electron chi connectivity index (χ4n) is 1.66. The number of aromatic amines is 1. The number of amidine groups is 1. The quantitative estimate of drug-likeness (QED) is 0.307. The van der Waals surface area contributed by atoms with E-state index in [4.69, 9.17) is 10.9 Å². The second kappa shape index (κ2) is 6.58. The lowest BCUT2D eigenvalue weighted by Crippen LogP contribution is -2.40. The Morgan fingerprint density at radius 3 is 2.79 bits per heavy atom. The van der Waals surface area contributed by atoms with Gasteiger partial charge in [-0.15, -0.1) is 0 Å². The van der Waals surface area contributed by atoms with Gasteiger partial charge in [0.15, 0.2) is 11.3 Å². The molecule has 0 aliphatic rings. The molecular formula is C12H18N4O3.